The Morgan fingerprint density at radius 1 is 1.26 bits per heavy atom. The normalized spacial score (nSPS) is 16.3. The van der Waals surface area contributed by atoms with Crippen LogP contribution in [0.2, 0.25) is 0 Å². The minimum Gasteiger partial charge on any atom is -0.467 e. The van der Waals surface area contributed by atoms with Gasteiger partial charge >= 0.3 is 0 Å². The summed E-state index contributed by atoms with van der Waals surface area (Å²) in [7, 11) is 0. The molecule has 158 valence electrons. The first kappa shape index (κ1) is 20.4. The van der Waals surface area contributed by atoms with E-state index >= 15 is 0 Å². The maximum absolute atomic E-state index is 13.3. The Bertz CT molecular complexity index is 1280. The fourth-order valence-electron chi connectivity index (χ4n) is 3.65. The number of aryl methyl sites for hydroxylation is 3. The molecular weight excluding hydrogens is 448 g/mol. The number of carbonyl (C=O) groups is 1. The van der Waals surface area contributed by atoms with E-state index in [0.717, 1.165) is 37.4 Å². The Hall–Kier alpha value is -2.49. The van der Waals surface area contributed by atoms with Gasteiger partial charge in [0.25, 0.3) is 5.91 Å². The monoisotopic (exact) mass is 468 g/mol. The van der Waals surface area contributed by atoms with Crippen LogP contribution in [0.25, 0.3) is 10.2 Å². The zero-order chi connectivity index (χ0) is 21.5. The number of nitrogens with zero attached hydrogens (tertiary/aromatic N) is 4. The molecule has 6 nitrogen and oxygen atoms in total. The highest BCUT2D eigenvalue weighted by molar-refractivity contribution is 8.00. The number of hydrazone groups is 1. The smallest absolute Gasteiger partial charge is 0.253 e. The van der Waals surface area contributed by atoms with Gasteiger partial charge in [-0.25, -0.2) is 15.0 Å². The second kappa shape index (κ2) is 8.22. The van der Waals surface area contributed by atoms with Gasteiger partial charge in [-0.3, -0.25) is 4.79 Å². The van der Waals surface area contributed by atoms with Gasteiger partial charge in [0.15, 0.2) is 0 Å². The van der Waals surface area contributed by atoms with E-state index < -0.39 is 0 Å². The predicted molar refractivity (Wildman–Crippen MR) is 126 cm³/mol. The van der Waals surface area contributed by atoms with Crippen molar-refractivity contribution in [2.75, 3.05) is 5.75 Å². The Kier molecular flexibility index (Phi) is 5.41. The highest BCUT2D eigenvalue weighted by Gasteiger charge is 2.35. The number of thioether (sulfide) groups is 1. The molecule has 1 aliphatic heterocycles. The van der Waals surface area contributed by atoms with Crippen molar-refractivity contribution in [3.63, 3.8) is 0 Å². The van der Waals surface area contributed by atoms with E-state index in [-0.39, 0.29) is 17.7 Å². The van der Waals surface area contributed by atoms with Gasteiger partial charge in [-0.2, -0.15) is 5.10 Å². The number of carbonyl (C=O) groups excluding carboxylic acids is 1. The van der Waals surface area contributed by atoms with Crippen molar-refractivity contribution in [1.82, 2.24) is 15.0 Å². The van der Waals surface area contributed by atoms with Crippen molar-refractivity contribution >= 4 is 56.3 Å². The minimum atomic E-state index is -0.225. The van der Waals surface area contributed by atoms with Gasteiger partial charge < -0.3 is 4.42 Å². The van der Waals surface area contributed by atoms with Crippen LogP contribution in [-0.4, -0.2) is 32.3 Å². The molecule has 0 aromatic carbocycles. The van der Waals surface area contributed by atoms with E-state index in [1.165, 1.54) is 22.2 Å². The van der Waals surface area contributed by atoms with Crippen LogP contribution >= 0.6 is 34.4 Å². The minimum absolute atomic E-state index is 0.0630. The highest BCUT2D eigenvalue weighted by atomic mass is 32.2. The molecule has 5 rings (SSSR count). The molecule has 31 heavy (non-hydrogen) atoms. The summed E-state index contributed by atoms with van der Waals surface area (Å²) in [5, 5.41) is 10.2. The summed E-state index contributed by atoms with van der Waals surface area (Å²) in [5.41, 5.74) is 2.10. The van der Waals surface area contributed by atoms with Gasteiger partial charge in [-0.15, -0.1) is 22.7 Å². The van der Waals surface area contributed by atoms with Crippen LogP contribution in [0.1, 0.15) is 39.4 Å². The molecular formula is C22H20N4O2S3. The molecule has 0 radical (unpaired) electrons. The van der Waals surface area contributed by atoms with Crippen molar-refractivity contribution in [3.05, 3.63) is 62.8 Å². The molecule has 5 heterocycles. The largest absolute Gasteiger partial charge is 0.467 e. The van der Waals surface area contributed by atoms with Crippen molar-refractivity contribution in [2.45, 2.75) is 38.3 Å². The van der Waals surface area contributed by atoms with Crippen LogP contribution in [0.3, 0.4) is 0 Å². The summed E-state index contributed by atoms with van der Waals surface area (Å²) < 4.78 is 5.63. The molecule has 0 spiro atoms. The van der Waals surface area contributed by atoms with Crippen LogP contribution in [0.4, 0.5) is 0 Å². The molecule has 0 fully saturated rings. The third-order valence-corrected chi connectivity index (χ3v) is 8.26. The van der Waals surface area contributed by atoms with Crippen molar-refractivity contribution in [1.29, 1.82) is 0 Å². The third kappa shape index (κ3) is 3.81. The topological polar surface area (TPSA) is 71.6 Å². The third-order valence-electron chi connectivity index (χ3n) is 5.28. The van der Waals surface area contributed by atoms with Gasteiger partial charge in [0.2, 0.25) is 0 Å². The summed E-state index contributed by atoms with van der Waals surface area (Å²) >= 11 is 4.75. The van der Waals surface area contributed by atoms with E-state index in [2.05, 4.69) is 28.9 Å². The number of amides is 1. The first-order valence-corrected chi connectivity index (χ1v) is 12.5. The molecule has 0 bridgehead atoms. The average molecular weight is 469 g/mol. The number of fused-ring (bicyclic) bond motifs is 1. The molecule has 1 aliphatic rings. The summed E-state index contributed by atoms with van der Waals surface area (Å²) in [4.78, 5) is 25.8. The fourth-order valence-corrected chi connectivity index (χ4v) is 6.49. The number of hydrogen-bond acceptors (Lipinski definition) is 8. The number of thiophene rings is 2. The number of rotatable bonds is 5. The molecule has 1 unspecified atom stereocenters. The van der Waals surface area contributed by atoms with Gasteiger partial charge in [-0.1, -0.05) is 17.8 Å². The Morgan fingerprint density at radius 2 is 2.13 bits per heavy atom. The average Bonchev–Trinajstić information content (AvgIpc) is 3.53. The van der Waals surface area contributed by atoms with Gasteiger partial charge in [0.05, 0.1) is 22.6 Å². The summed E-state index contributed by atoms with van der Waals surface area (Å²) in [5.74, 6) is 1.65. The van der Waals surface area contributed by atoms with Crippen molar-refractivity contribution < 1.29 is 9.21 Å². The molecule has 1 amide bonds. The second-order valence-electron chi connectivity index (χ2n) is 7.33. The zero-order valence-electron chi connectivity index (χ0n) is 17.3. The van der Waals surface area contributed by atoms with E-state index in [1.54, 1.807) is 33.9 Å². The second-order valence-corrected chi connectivity index (χ2v) is 10.4. The first-order valence-electron chi connectivity index (χ1n) is 9.85. The van der Waals surface area contributed by atoms with E-state index in [1.807, 2.05) is 36.6 Å². The summed E-state index contributed by atoms with van der Waals surface area (Å²) in [6, 6.07) is 7.56. The van der Waals surface area contributed by atoms with Gasteiger partial charge in [0, 0.05) is 16.7 Å². The zero-order valence-corrected chi connectivity index (χ0v) is 19.7. The molecule has 4 aromatic heterocycles. The fraction of sp³-hybridized carbons (Fsp3) is 0.273. The molecule has 9 heteroatoms. The molecule has 0 aliphatic carbocycles. The Balaban J connectivity index is 1.42. The van der Waals surface area contributed by atoms with Crippen LogP contribution in [0.15, 0.2) is 50.5 Å². The lowest BCUT2D eigenvalue weighted by molar-refractivity contribution is -0.130. The molecule has 0 N–H and O–H groups in total. The highest BCUT2D eigenvalue weighted by Crippen LogP contribution is 2.37. The Morgan fingerprint density at radius 3 is 2.87 bits per heavy atom. The van der Waals surface area contributed by atoms with E-state index in [9.17, 15) is 4.79 Å². The Labute approximate surface area is 192 Å². The lowest BCUT2D eigenvalue weighted by atomic mass is 10.1. The molecule has 1 atom stereocenters. The number of hydrogen-bond donors (Lipinski definition) is 0. The summed E-state index contributed by atoms with van der Waals surface area (Å²) in [6.07, 6.45) is 2.28. The molecule has 0 saturated heterocycles. The van der Waals surface area contributed by atoms with E-state index in [4.69, 9.17) is 4.42 Å². The van der Waals surface area contributed by atoms with Crippen LogP contribution in [0, 0.1) is 20.8 Å². The van der Waals surface area contributed by atoms with Crippen LogP contribution in [0.5, 0.6) is 0 Å². The SMILES string of the molecule is Cc1nc(SCC(=O)N2N=C(c3cccs3)CC2c2ccco2)c2c(C)c(C)sc2n1. The van der Waals surface area contributed by atoms with E-state index in [0.29, 0.717) is 6.42 Å². The lowest BCUT2D eigenvalue weighted by Crippen LogP contribution is -2.28. The van der Waals surface area contributed by atoms with Crippen LogP contribution < -0.4 is 0 Å². The molecule has 0 saturated carbocycles. The van der Waals surface area contributed by atoms with Crippen molar-refractivity contribution in [2.24, 2.45) is 5.10 Å². The standard InChI is InChI=1S/C22H20N4O2S3/c1-12-13(2)31-22-20(12)21(23-14(3)24-22)30-11-19(27)26-16(17-6-4-8-28-17)10-15(25-26)18-7-5-9-29-18/h4-9,16H,10-11H2,1-3H3. The van der Waals surface area contributed by atoms with Gasteiger partial charge in [-0.05, 0) is 49.9 Å². The molecule has 4 aromatic rings. The maximum Gasteiger partial charge on any atom is 0.253 e. The number of furan rings is 1. The summed E-state index contributed by atoms with van der Waals surface area (Å²) in [6.45, 7) is 6.07. The first-order chi connectivity index (χ1) is 15.0. The van der Waals surface area contributed by atoms with Gasteiger partial charge in [0.1, 0.15) is 27.5 Å². The lowest BCUT2D eigenvalue weighted by Gasteiger charge is -2.19. The van der Waals surface area contributed by atoms with Crippen LogP contribution in [-0.2, 0) is 4.79 Å². The number of aromatic nitrogens is 2. The maximum atomic E-state index is 13.3. The van der Waals surface area contributed by atoms with Crippen molar-refractivity contribution in [3.8, 4) is 0 Å². The quantitative estimate of drug-likeness (QED) is 0.276. The predicted octanol–water partition coefficient (Wildman–Crippen LogP) is 5.74.